The second-order valence-electron chi connectivity index (χ2n) is 4.78. The van der Waals surface area contributed by atoms with Crippen molar-refractivity contribution in [2.45, 2.75) is 49.6 Å². The average Bonchev–Trinajstić information content (AvgIpc) is 2.76. The van der Waals surface area contributed by atoms with Crippen LogP contribution in [0.25, 0.3) is 0 Å². The van der Waals surface area contributed by atoms with Crippen molar-refractivity contribution in [2.24, 2.45) is 0 Å². The summed E-state index contributed by atoms with van der Waals surface area (Å²) in [5.41, 5.74) is -1.06. The summed E-state index contributed by atoms with van der Waals surface area (Å²) in [6, 6.07) is 0. The Bertz CT molecular complexity index is 314. The minimum Gasteiger partial charge on any atom is -0.340 e. The van der Waals surface area contributed by atoms with Crippen molar-refractivity contribution < 1.29 is 9.59 Å². The summed E-state index contributed by atoms with van der Waals surface area (Å²) in [5, 5.41) is 5.84. The van der Waals surface area contributed by atoms with Gasteiger partial charge in [0.05, 0.1) is 0 Å². The second kappa shape index (κ2) is 2.30. The average molecular weight is 194 g/mol. The topological polar surface area (TPSA) is 58.2 Å². The van der Waals surface area contributed by atoms with Gasteiger partial charge in [0, 0.05) is 0 Å². The standard InChI is InChI=1S/C10H14N2O2/c13-7-9(3-1-2-4-9)11-8(14)10(12-7)5-6-10/h1-6H2,(H,11,14)(H,12,13). The molecule has 3 fully saturated rings. The van der Waals surface area contributed by atoms with E-state index in [9.17, 15) is 9.59 Å². The maximum atomic E-state index is 11.9. The molecule has 76 valence electrons. The van der Waals surface area contributed by atoms with Crippen molar-refractivity contribution in [1.29, 1.82) is 0 Å². The molecule has 0 aromatic heterocycles. The predicted octanol–water partition coefficient (Wildman–Crippen LogP) is 0.0778. The highest BCUT2D eigenvalue weighted by atomic mass is 16.2. The Hall–Kier alpha value is -1.06. The van der Waals surface area contributed by atoms with Crippen LogP contribution in [0, 0.1) is 0 Å². The first-order valence-electron chi connectivity index (χ1n) is 5.32. The molecule has 2 amide bonds. The fourth-order valence-corrected chi connectivity index (χ4v) is 2.60. The summed E-state index contributed by atoms with van der Waals surface area (Å²) in [5.74, 6) is 0.0890. The molecule has 1 aliphatic heterocycles. The van der Waals surface area contributed by atoms with E-state index in [2.05, 4.69) is 10.6 Å². The summed E-state index contributed by atoms with van der Waals surface area (Å²) in [6.45, 7) is 0. The zero-order valence-electron chi connectivity index (χ0n) is 8.06. The molecule has 0 aromatic rings. The van der Waals surface area contributed by atoms with E-state index < -0.39 is 11.1 Å². The van der Waals surface area contributed by atoms with Crippen LogP contribution >= 0.6 is 0 Å². The maximum absolute atomic E-state index is 11.9. The molecule has 0 unspecified atom stereocenters. The van der Waals surface area contributed by atoms with Crippen LogP contribution in [0.3, 0.4) is 0 Å². The monoisotopic (exact) mass is 194 g/mol. The number of hydrogen-bond acceptors (Lipinski definition) is 2. The molecular weight excluding hydrogens is 180 g/mol. The van der Waals surface area contributed by atoms with Crippen molar-refractivity contribution in [2.75, 3.05) is 0 Å². The Balaban J connectivity index is 1.89. The second-order valence-corrected chi connectivity index (χ2v) is 4.78. The number of nitrogens with one attached hydrogen (secondary N) is 2. The van der Waals surface area contributed by atoms with Crippen molar-refractivity contribution in [3.8, 4) is 0 Å². The Morgan fingerprint density at radius 2 is 1.21 bits per heavy atom. The van der Waals surface area contributed by atoms with Gasteiger partial charge in [0.15, 0.2) is 0 Å². The van der Waals surface area contributed by atoms with Gasteiger partial charge in [-0.2, -0.15) is 0 Å². The molecule has 0 atom stereocenters. The van der Waals surface area contributed by atoms with Gasteiger partial charge in [-0.05, 0) is 25.7 Å². The third-order valence-corrected chi connectivity index (χ3v) is 3.78. The van der Waals surface area contributed by atoms with Gasteiger partial charge < -0.3 is 10.6 Å². The van der Waals surface area contributed by atoms with E-state index in [1.54, 1.807) is 0 Å². The fraction of sp³-hybridized carbons (Fsp3) is 0.800. The van der Waals surface area contributed by atoms with E-state index in [0.717, 1.165) is 38.5 Å². The number of carbonyl (C=O) groups excluding carboxylic acids is 2. The first kappa shape index (κ1) is 8.26. The molecule has 0 radical (unpaired) electrons. The van der Waals surface area contributed by atoms with Gasteiger partial charge in [-0.1, -0.05) is 12.8 Å². The lowest BCUT2D eigenvalue weighted by molar-refractivity contribution is -0.142. The van der Waals surface area contributed by atoms with Crippen LogP contribution < -0.4 is 10.6 Å². The fourth-order valence-electron chi connectivity index (χ4n) is 2.60. The Kier molecular flexibility index (Phi) is 1.36. The lowest BCUT2D eigenvalue weighted by Crippen LogP contribution is -2.69. The molecule has 3 rings (SSSR count). The zero-order chi connectivity index (χ0) is 9.81. The Morgan fingerprint density at radius 1 is 0.786 bits per heavy atom. The number of carbonyl (C=O) groups is 2. The molecule has 2 spiro atoms. The molecule has 2 aliphatic carbocycles. The maximum Gasteiger partial charge on any atom is 0.246 e. The van der Waals surface area contributed by atoms with Crippen molar-refractivity contribution in [3.63, 3.8) is 0 Å². The molecular formula is C10H14N2O2. The number of hydrogen-bond donors (Lipinski definition) is 2. The lowest BCUT2D eigenvalue weighted by atomic mass is 9.92. The zero-order valence-corrected chi connectivity index (χ0v) is 8.06. The van der Waals surface area contributed by atoms with Crippen molar-refractivity contribution in [1.82, 2.24) is 10.6 Å². The van der Waals surface area contributed by atoms with Gasteiger partial charge >= 0.3 is 0 Å². The normalized spacial score (nSPS) is 31.7. The minimum absolute atomic E-state index is 0.0407. The number of piperazine rings is 1. The summed E-state index contributed by atoms with van der Waals surface area (Å²) >= 11 is 0. The van der Waals surface area contributed by atoms with Crippen LogP contribution in [-0.4, -0.2) is 22.9 Å². The van der Waals surface area contributed by atoms with Crippen LogP contribution in [0.15, 0.2) is 0 Å². The molecule has 4 heteroatoms. The Morgan fingerprint density at radius 3 is 1.64 bits per heavy atom. The first-order chi connectivity index (χ1) is 6.67. The van der Waals surface area contributed by atoms with E-state index in [0.29, 0.717) is 0 Å². The van der Waals surface area contributed by atoms with Gasteiger partial charge in [0.25, 0.3) is 0 Å². The molecule has 2 N–H and O–H groups in total. The summed E-state index contributed by atoms with van der Waals surface area (Å²) in [4.78, 5) is 23.7. The predicted molar refractivity (Wildman–Crippen MR) is 49.4 cm³/mol. The minimum atomic E-state index is -0.551. The molecule has 3 aliphatic rings. The SMILES string of the molecule is O=C1NC2(CC2)C(=O)NC12CCCC2. The van der Waals surface area contributed by atoms with Crippen LogP contribution in [-0.2, 0) is 9.59 Å². The van der Waals surface area contributed by atoms with Crippen LogP contribution in [0.4, 0.5) is 0 Å². The third-order valence-electron chi connectivity index (χ3n) is 3.78. The summed E-state index contributed by atoms with van der Waals surface area (Å²) in [7, 11) is 0. The highest BCUT2D eigenvalue weighted by molar-refractivity contribution is 6.04. The Labute approximate surface area is 82.4 Å². The van der Waals surface area contributed by atoms with Crippen LogP contribution in [0.2, 0.25) is 0 Å². The molecule has 0 bridgehead atoms. The van der Waals surface area contributed by atoms with Crippen LogP contribution in [0.5, 0.6) is 0 Å². The smallest absolute Gasteiger partial charge is 0.246 e. The highest BCUT2D eigenvalue weighted by Gasteiger charge is 2.60. The molecule has 1 saturated heterocycles. The molecule has 14 heavy (non-hydrogen) atoms. The van der Waals surface area contributed by atoms with Crippen molar-refractivity contribution >= 4 is 11.8 Å². The molecule has 2 saturated carbocycles. The largest absolute Gasteiger partial charge is 0.340 e. The van der Waals surface area contributed by atoms with Gasteiger partial charge in [-0.3, -0.25) is 9.59 Å². The first-order valence-corrected chi connectivity index (χ1v) is 5.32. The van der Waals surface area contributed by atoms with Gasteiger partial charge in [-0.15, -0.1) is 0 Å². The number of rotatable bonds is 0. The molecule has 1 heterocycles. The summed E-state index contributed by atoms with van der Waals surface area (Å²) < 4.78 is 0. The van der Waals surface area contributed by atoms with E-state index in [-0.39, 0.29) is 11.8 Å². The quantitative estimate of drug-likeness (QED) is 0.573. The lowest BCUT2D eigenvalue weighted by Gasteiger charge is -2.37. The third kappa shape index (κ3) is 0.885. The van der Waals surface area contributed by atoms with E-state index in [4.69, 9.17) is 0 Å². The van der Waals surface area contributed by atoms with E-state index >= 15 is 0 Å². The highest BCUT2D eigenvalue weighted by Crippen LogP contribution is 2.42. The van der Waals surface area contributed by atoms with Crippen molar-refractivity contribution in [3.05, 3.63) is 0 Å². The van der Waals surface area contributed by atoms with E-state index in [1.807, 2.05) is 0 Å². The van der Waals surface area contributed by atoms with Crippen LogP contribution in [0.1, 0.15) is 38.5 Å². The molecule has 0 aromatic carbocycles. The molecule has 4 nitrogen and oxygen atoms in total. The van der Waals surface area contributed by atoms with E-state index in [1.165, 1.54) is 0 Å². The summed E-state index contributed by atoms with van der Waals surface area (Å²) in [6.07, 6.45) is 5.31. The van der Waals surface area contributed by atoms with Gasteiger partial charge in [0.1, 0.15) is 11.1 Å². The van der Waals surface area contributed by atoms with Gasteiger partial charge in [-0.25, -0.2) is 0 Å². The number of amides is 2. The van der Waals surface area contributed by atoms with Gasteiger partial charge in [0.2, 0.25) is 11.8 Å².